The van der Waals surface area contributed by atoms with Crippen molar-refractivity contribution in [2.75, 3.05) is 19.3 Å². The van der Waals surface area contributed by atoms with E-state index >= 15 is 0 Å². The Labute approximate surface area is 93.4 Å². The molecule has 0 saturated carbocycles. The molecular weight excluding hydrogens is 210 g/mol. The van der Waals surface area contributed by atoms with E-state index in [0.29, 0.717) is 22.2 Å². The molecule has 0 radical (unpaired) electrons. The first-order valence-electron chi connectivity index (χ1n) is 4.54. The lowest BCUT2D eigenvalue weighted by Crippen LogP contribution is -2.27. The van der Waals surface area contributed by atoms with Gasteiger partial charge in [0.15, 0.2) is 5.13 Å². The summed E-state index contributed by atoms with van der Waals surface area (Å²) in [6, 6.07) is 0. The summed E-state index contributed by atoms with van der Waals surface area (Å²) < 4.78 is 0. The van der Waals surface area contributed by atoms with Crippen molar-refractivity contribution in [1.29, 1.82) is 0 Å². The van der Waals surface area contributed by atoms with Gasteiger partial charge >= 0.3 is 0 Å². The Morgan fingerprint density at radius 1 is 1.67 bits per heavy atom. The van der Waals surface area contributed by atoms with Gasteiger partial charge < -0.3 is 10.6 Å². The minimum Gasteiger partial charge on any atom is -0.375 e. The van der Waals surface area contributed by atoms with Crippen LogP contribution in [0.25, 0.3) is 0 Å². The maximum Gasteiger partial charge on any atom is 0.265 e. The lowest BCUT2D eigenvalue weighted by atomic mass is 10.3. The number of anilines is 1. The fourth-order valence-electron chi connectivity index (χ4n) is 1.27. The van der Waals surface area contributed by atoms with Gasteiger partial charge in [0.05, 0.1) is 5.69 Å². The number of carbonyl (C=O) groups excluding carboxylic acids is 1. The van der Waals surface area contributed by atoms with Gasteiger partial charge in [0.2, 0.25) is 0 Å². The summed E-state index contributed by atoms with van der Waals surface area (Å²) in [7, 11) is 1.74. The first kappa shape index (κ1) is 11.7. The number of thiazole rings is 1. The number of carbonyl (C=O) groups is 1. The highest BCUT2D eigenvalue weighted by Crippen LogP contribution is 2.21. The summed E-state index contributed by atoms with van der Waals surface area (Å²) >= 11 is 1.22. The van der Waals surface area contributed by atoms with Gasteiger partial charge in [-0.1, -0.05) is 23.5 Å². The van der Waals surface area contributed by atoms with Gasteiger partial charge in [0.25, 0.3) is 5.91 Å². The van der Waals surface area contributed by atoms with Crippen molar-refractivity contribution in [3.63, 3.8) is 0 Å². The van der Waals surface area contributed by atoms with Crippen LogP contribution in [0.2, 0.25) is 0 Å². The van der Waals surface area contributed by atoms with Crippen LogP contribution in [0.15, 0.2) is 12.2 Å². The third kappa shape index (κ3) is 2.79. The molecule has 0 spiro atoms. The van der Waals surface area contributed by atoms with E-state index in [4.69, 9.17) is 5.73 Å². The number of hydrogen-bond donors (Lipinski definition) is 1. The molecule has 1 heterocycles. The van der Waals surface area contributed by atoms with Crippen LogP contribution in [-0.2, 0) is 0 Å². The number of amides is 1. The van der Waals surface area contributed by atoms with Gasteiger partial charge in [-0.2, -0.15) is 0 Å². The van der Waals surface area contributed by atoms with Crippen molar-refractivity contribution < 1.29 is 4.79 Å². The molecule has 4 nitrogen and oxygen atoms in total. The van der Waals surface area contributed by atoms with Crippen LogP contribution in [-0.4, -0.2) is 29.4 Å². The number of aryl methyl sites for hydroxylation is 1. The topological polar surface area (TPSA) is 59.2 Å². The Balaban J connectivity index is 2.84. The maximum absolute atomic E-state index is 11.9. The Morgan fingerprint density at radius 3 is 2.67 bits per heavy atom. The summed E-state index contributed by atoms with van der Waals surface area (Å²) in [4.78, 5) is 18.2. The number of hydrogen-bond acceptors (Lipinski definition) is 4. The lowest BCUT2D eigenvalue weighted by Gasteiger charge is -2.16. The van der Waals surface area contributed by atoms with Crippen LogP contribution in [0.1, 0.15) is 22.3 Å². The molecule has 0 aliphatic heterocycles. The van der Waals surface area contributed by atoms with Crippen LogP contribution in [0, 0.1) is 6.92 Å². The fraction of sp³-hybridized carbons (Fsp3) is 0.400. The Morgan fingerprint density at radius 2 is 2.27 bits per heavy atom. The quantitative estimate of drug-likeness (QED) is 0.796. The van der Waals surface area contributed by atoms with E-state index in [1.165, 1.54) is 11.3 Å². The third-order valence-corrected chi connectivity index (χ3v) is 2.84. The number of nitrogens with two attached hydrogens (primary N) is 1. The molecule has 0 saturated heterocycles. The molecule has 1 rings (SSSR count). The van der Waals surface area contributed by atoms with Crippen molar-refractivity contribution in [3.05, 3.63) is 22.7 Å². The monoisotopic (exact) mass is 225 g/mol. The van der Waals surface area contributed by atoms with E-state index in [9.17, 15) is 4.79 Å². The number of rotatable bonds is 3. The zero-order valence-corrected chi connectivity index (χ0v) is 10.0. The Kier molecular flexibility index (Phi) is 3.47. The molecule has 82 valence electrons. The fourth-order valence-corrected chi connectivity index (χ4v) is 2.09. The summed E-state index contributed by atoms with van der Waals surface area (Å²) in [5.74, 6) is -0.0512. The van der Waals surface area contributed by atoms with Gasteiger partial charge in [-0.25, -0.2) is 4.98 Å². The minimum absolute atomic E-state index is 0.0512. The second kappa shape index (κ2) is 4.44. The second-order valence-corrected chi connectivity index (χ2v) is 4.62. The molecule has 0 aliphatic carbocycles. The largest absolute Gasteiger partial charge is 0.375 e. The summed E-state index contributed by atoms with van der Waals surface area (Å²) in [6.45, 7) is 7.99. The van der Waals surface area contributed by atoms with Crippen LogP contribution >= 0.6 is 11.3 Å². The van der Waals surface area contributed by atoms with E-state index in [-0.39, 0.29) is 5.91 Å². The highest BCUT2D eigenvalue weighted by Gasteiger charge is 2.17. The van der Waals surface area contributed by atoms with Gasteiger partial charge in [-0.05, 0) is 13.8 Å². The van der Waals surface area contributed by atoms with Crippen LogP contribution in [0.4, 0.5) is 5.13 Å². The Hall–Kier alpha value is -1.36. The standard InChI is InChI=1S/C10H15N3OS/c1-6(2)5-13(4)9(14)8-7(3)12-10(11)15-8/h1,5H2,2-4H3,(H2,11,12). The number of aromatic nitrogens is 1. The summed E-state index contributed by atoms with van der Waals surface area (Å²) in [6.07, 6.45) is 0. The molecule has 1 amide bonds. The molecule has 0 aliphatic rings. The van der Waals surface area contributed by atoms with E-state index in [1.807, 2.05) is 6.92 Å². The number of nitrogen functional groups attached to an aromatic ring is 1. The van der Waals surface area contributed by atoms with Gasteiger partial charge in [0, 0.05) is 13.6 Å². The zero-order valence-electron chi connectivity index (χ0n) is 9.20. The highest BCUT2D eigenvalue weighted by molar-refractivity contribution is 7.17. The molecule has 15 heavy (non-hydrogen) atoms. The average molecular weight is 225 g/mol. The van der Waals surface area contributed by atoms with Crippen molar-refractivity contribution >= 4 is 22.4 Å². The van der Waals surface area contributed by atoms with Crippen molar-refractivity contribution in [2.45, 2.75) is 13.8 Å². The van der Waals surface area contributed by atoms with Crippen LogP contribution < -0.4 is 5.73 Å². The predicted octanol–water partition coefficient (Wildman–Crippen LogP) is 1.68. The number of likely N-dealkylation sites (N-methyl/N-ethyl adjacent to an activating group) is 1. The molecule has 0 fully saturated rings. The molecule has 2 N–H and O–H groups in total. The van der Waals surface area contributed by atoms with E-state index in [0.717, 1.165) is 5.57 Å². The van der Waals surface area contributed by atoms with Crippen LogP contribution in [0.5, 0.6) is 0 Å². The molecular formula is C10H15N3OS. The van der Waals surface area contributed by atoms with E-state index < -0.39 is 0 Å². The van der Waals surface area contributed by atoms with Crippen LogP contribution in [0.3, 0.4) is 0 Å². The number of nitrogens with zero attached hydrogens (tertiary/aromatic N) is 2. The predicted molar refractivity (Wildman–Crippen MR) is 63.0 cm³/mol. The van der Waals surface area contributed by atoms with E-state index in [2.05, 4.69) is 11.6 Å². The first-order valence-corrected chi connectivity index (χ1v) is 5.36. The summed E-state index contributed by atoms with van der Waals surface area (Å²) in [5.41, 5.74) is 7.17. The molecule has 1 aromatic heterocycles. The molecule has 5 heteroatoms. The third-order valence-electron chi connectivity index (χ3n) is 1.86. The maximum atomic E-state index is 11.9. The molecule has 0 bridgehead atoms. The van der Waals surface area contributed by atoms with E-state index in [1.54, 1.807) is 18.9 Å². The van der Waals surface area contributed by atoms with Crippen molar-refractivity contribution in [2.24, 2.45) is 0 Å². The van der Waals surface area contributed by atoms with Crippen molar-refractivity contribution in [3.8, 4) is 0 Å². The SMILES string of the molecule is C=C(C)CN(C)C(=O)c1sc(N)nc1C. The second-order valence-electron chi connectivity index (χ2n) is 3.58. The summed E-state index contributed by atoms with van der Waals surface area (Å²) in [5, 5.41) is 0.430. The lowest BCUT2D eigenvalue weighted by molar-refractivity contribution is 0.0811. The molecule has 0 unspecified atom stereocenters. The van der Waals surface area contributed by atoms with Gasteiger partial charge in [0.1, 0.15) is 4.88 Å². The zero-order chi connectivity index (χ0) is 11.6. The molecule has 1 aromatic rings. The minimum atomic E-state index is -0.0512. The average Bonchev–Trinajstić information content (AvgIpc) is 2.42. The smallest absolute Gasteiger partial charge is 0.265 e. The Bertz CT molecular complexity index is 397. The highest BCUT2D eigenvalue weighted by atomic mass is 32.1. The first-order chi connectivity index (χ1) is 6.91. The van der Waals surface area contributed by atoms with Gasteiger partial charge in [-0.3, -0.25) is 4.79 Å². The van der Waals surface area contributed by atoms with Gasteiger partial charge in [-0.15, -0.1) is 0 Å². The normalized spacial score (nSPS) is 10.1. The molecule has 0 atom stereocenters. The molecule has 0 aromatic carbocycles. The van der Waals surface area contributed by atoms with Crippen molar-refractivity contribution in [1.82, 2.24) is 9.88 Å².